The first-order chi connectivity index (χ1) is 11.8. The predicted molar refractivity (Wildman–Crippen MR) is 102 cm³/mol. The molecule has 3 nitrogen and oxygen atoms in total. The van der Waals surface area contributed by atoms with E-state index in [1.54, 1.807) is 0 Å². The normalized spacial score (nSPS) is 18.6. The lowest BCUT2D eigenvalue weighted by molar-refractivity contribution is -0.197. The van der Waals surface area contributed by atoms with Crippen LogP contribution in [0.4, 0.5) is 0 Å². The largest absolute Gasteiger partial charge is 0.432 e. The Kier molecular flexibility index (Phi) is 7.06. The summed E-state index contributed by atoms with van der Waals surface area (Å²) in [7, 11) is 0. The Bertz CT molecular complexity index is 535. The summed E-state index contributed by atoms with van der Waals surface area (Å²) in [5, 5.41) is 0. The lowest BCUT2D eigenvalue weighted by Gasteiger charge is -2.34. The molecule has 0 spiro atoms. The third-order valence-electron chi connectivity index (χ3n) is 5.06. The third kappa shape index (κ3) is 6.14. The van der Waals surface area contributed by atoms with Gasteiger partial charge in [0.1, 0.15) is 0 Å². The van der Waals surface area contributed by atoms with E-state index in [2.05, 4.69) is 13.8 Å². The van der Waals surface area contributed by atoms with Gasteiger partial charge < -0.3 is 9.47 Å². The van der Waals surface area contributed by atoms with Gasteiger partial charge in [0.15, 0.2) is 0 Å². The Morgan fingerprint density at radius 3 is 2.24 bits per heavy atom. The zero-order valence-electron chi connectivity index (χ0n) is 16.5. The van der Waals surface area contributed by atoms with Crippen molar-refractivity contribution < 1.29 is 14.3 Å². The van der Waals surface area contributed by atoms with E-state index in [1.807, 2.05) is 45.0 Å². The topological polar surface area (TPSA) is 35.5 Å². The number of hydrogen-bond donors (Lipinski definition) is 0. The quantitative estimate of drug-likeness (QED) is 0.462. The van der Waals surface area contributed by atoms with Gasteiger partial charge in [-0.3, -0.25) is 0 Å². The molecule has 2 rings (SSSR count). The second-order valence-corrected chi connectivity index (χ2v) is 8.33. The molecule has 1 aliphatic carbocycles. The first-order valence-corrected chi connectivity index (χ1v) is 9.79. The smallest absolute Gasteiger partial charge is 0.340 e. The summed E-state index contributed by atoms with van der Waals surface area (Å²) in [6.45, 7) is 10.4. The van der Waals surface area contributed by atoms with Crippen LogP contribution in [-0.4, -0.2) is 17.9 Å². The molecule has 2 atom stereocenters. The highest BCUT2D eigenvalue weighted by Crippen LogP contribution is 2.31. The van der Waals surface area contributed by atoms with Gasteiger partial charge in [-0.1, -0.05) is 45.2 Å². The van der Waals surface area contributed by atoms with Crippen molar-refractivity contribution in [2.24, 2.45) is 5.92 Å². The summed E-state index contributed by atoms with van der Waals surface area (Å²) in [4.78, 5) is 12.6. The van der Waals surface area contributed by atoms with Crippen LogP contribution < -0.4 is 0 Å². The molecular formula is C22H34O3. The fourth-order valence-electron chi connectivity index (χ4n) is 3.33. The molecule has 25 heavy (non-hydrogen) atoms. The number of benzene rings is 1. The van der Waals surface area contributed by atoms with Crippen LogP contribution in [0.3, 0.4) is 0 Å². The number of carbonyl (C=O) groups is 1. The Morgan fingerprint density at radius 1 is 1.12 bits per heavy atom. The first kappa shape index (κ1) is 20.0. The first-order valence-electron chi connectivity index (χ1n) is 9.79. The van der Waals surface area contributed by atoms with Crippen LogP contribution in [0, 0.1) is 5.92 Å². The van der Waals surface area contributed by atoms with Crippen molar-refractivity contribution in [3.8, 4) is 0 Å². The molecule has 0 bridgehead atoms. The third-order valence-corrected chi connectivity index (χ3v) is 5.06. The van der Waals surface area contributed by atoms with Gasteiger partial charge in [-0.15, -0.1) is 0 Å². The highest BCUT2D eigenvalue weighted by Gasteiger charge is 2.31. The van der Waals surface area contributed by atoms with Crippen LogP contribution in [0.1, 0.15) is 95.0 Å². The highest BCUT2D eigenvalue weighted by molar-refractivity contribution is 5.89. The standard InChI is InChI=1S/C22H34O3/c1-6-16(2)17-12-14-18(15-13-17)20(23)24-21(25-22(3,4)5)19-10-8-7-9-11-19/h12-16,19,21H,6-11H2,1-5H3. The number of hydrogen-bond acceptors (Lipinski definition) is 3. The summed E-state index contributed by atoms with van der Waals surface area (Å²) in [6.07, 6.45) is 6.42. The molecule has 0 N–H and O–H groups in total. The van der Waals surface area contributed by atoms with Gasteiger partial charge in [-0.2, -0.15) is 0 Å². The summed E-state index contributed by atoms with van der Waals surface area (Å²) in [5.41, 5.74) is 1.53. The van der Waals surface area contributed by atoms with E-state index in [1.165, 1.54) is 24.8 Å². The molecule has 0 saturated heterocycles. The maximum absolute atomic E-state index is 12.6. The maximum Gasteiger partial charge on any atom is 0.340 e. The highest BCUT2D eigenvalue weighted by atomic mass is 16.7. The molecule has 0 aliphatic heterocycles. The molecule has 1 aliphatic rings. The second-order valence-electron chi connectivity index (χ2n) is 8.33. The Balaban J connectivity index is 2.07. The predicted octanol–water partition coefficient (Wildman–Crippen LogP) is 6.08. The molecule has 0 amide bonds. The number of esters is 1. The van der Waals surface area contributed by atoms with Crippen molar-refractivity contribution in [3.63, 3.8) is 0 Å². The number of carbonyl (C=O) groups excluding carboxylic acids is 1. The summed E-state index contributed by atoms with van der Waals surface area (Å²) in [5.74, 6) is 0.524. The van der Waals surface area contributed by atoms with Crippen molar-refractivity contribution in [1.29, 1.82) is 0 Å². The van der Waals surface area contributed by atoms with E-state index in [9.17, 15) is 4.79 Å². The molecule has 0 aromatic heterocycles. The van der Waals surface area contributed by atoms with Gasteiger partial charge >= 0.3 is 5.97 Å². The van der Waals surface area contributed by atoms with Crippen LogP contribution in [0.5, 0.6) is 0 Å². The van der Waals surface area contributed by atoms with Crippen LogP contribution in [0.25, 0.3) is 0 Å². The molecule has 1 saturated carbocycles. The lowest BCUT2D eigenvalue weighted by atomic mass is 9.88. The molecule has 0 radical (unpaired) electrons. The minimum absolute atomic E-state index is 0.282. The number of ether oxygens (including phenoxy) is 2. The van der Waals surface area contributed by atoms with Gasteiger partial charge in [-0.05, 0) is 63.6 Å². The monoisotopic (exact) mass is 346 g/mol. The molecule has 1 aromatic carbocycles. The van der Waals surface area contributed by atoms with Crippen LogP contribution in [-0.2, 0) is 9.47 Å². The SMILES string of the molecule is CCC(C)c1ccc(C(=O)OC(OC(C)(C)C)C2CCCCC2)cc1. The molecule has 0 heterocycles. The van der Waals surface area contributed by atoms with Gasteiger partial charge in [0.25, 0.3) is 0 Å². The Morgan fingerprint density at radius 2 is 1.72 bits per heavy atom. The van der Waals surface area contributed by atoms with E-state index < -0.39 is 6.29 Å². The van der Waals surface area contributed by atoms with Crippen LogP contribution >= 0.6 is 0 Å². The zero-order valence-corrected chi connectivity index (χ0v) is 16.5. The van der Waals surface area contributed by atoms with E-state index in [4.69, 9.17) is 9.47 Å². The van der Waals surface area contributed by atoms with Crippen molar-refractivity contribution in [3.05, 3.63) is 35.4 Å². The van der Waals surface area contributed by atoms with E-state index in [0.29, 0.717) is 17.4 Å². The fourth-order valence-corrected chi connectivity index (χ4v) is 3.33. The fraction of sp³-hybridized carbons (Fsp3) is 0.682. The van der Waals surface area contributed by atoms with E-state index in [-0.39, 0.29) is 11.6 Å². The van der Waals surface area contributed by atoms with Gasteiger partial charge in [-0.25, -0.2) is 4.79 Å². The molecule has 3 heteroatoms. The second kappa shape index (κ2) is 8.84. The molecule has 140 valence electrons. The maximum atomic E-state index is 12.6. The molecule has 1 aromatic rings. The van der Waals surface area contributed by atoms with Crippen LogP contribution in [0.2, 0.25) is 0 Å². The Hall–Kier alpha value is -1.35. The van der Waals surface area contributed by atoms with Crippen molar-refractivity contribution >= 4 is 5.97 Å². The zero-order chi connectivity index (χ0) is 18.4. The summed E-state index contributed by atoms with van der Waals surface area (Å²) in [6, 6.07) is 7.81. The molecule has 1 fully saturated rings. The average molecular weight is 347 g/mol. The van der Waals surface area contributed by atoms with E-state index >= 15 is 0 Å². The van der Waals surface area contributed by atoms with Gasteiger partial charge in [0.05, 0.1) is 11.2 Å². The minimum atomic E-state index is -0.456. The van der Waals surface area contributed by atoms with Crippen LogP contribution in [0.15, 0.2) is 24.3 Å². The minimum Gasteiger partial charge on any atom is -0.432 e. The van der Waals surface area contributed by atoms with Crippen molar-refractivity contribution in [2.75, 3.05) is 0 Å². The Labute approximate surface area is 153 Å². The van der Waals surface area contributed by atoms with Gasteiger partial charge in [0.2, 0.25) is 6.29 Å². The molecular weight excluding hydrogens is 312 g/mol. The molecule has 2 unspecified atom stereocenters. The van der Waals surface area contributed by atoms with Crippen molar-refractivity contribution in [1.82, 2.24) is 0 Å². The lowest BCUT2D eigenvalue weighted by Crippen LogP contribution is -2.37. The number of rotatable bonds is 6. The van der Waals surface area contributed by atoms with Gasteiger partial charge in [0, 0.05) is 5.92 Å². The van der Waals surface area contributed by atoms with E-state index in [0.717, 1.165) is 19.3 Å². The summed E-state index contributed by atoms with van der Waals surface area (Å²) < 4.78 is 11.9. The van der Waals surface area contributed by atoms with Crippen molar-refractivity contribution in [2.45, 2.75) is 91.0 Å². The summed E-state index contributed by atoms with van der Waals surface area (Å²) >= 11 is 0. The average Bonchev–Trinajstić information content (AvgIpc) is 2.60.